The predicted molar refractivity (Wildman–Crippen MR) is 30.2 cm³/mol. The standard InChI is InChI=1S/C6HClF3/c7-3-1-2-4(8)6(10)5(3)9/h2H. The lowest BCUT2D eigenvalue weighted by Gasteiger charge is -1.94. The zero-order valence-corrected chi connectivity index (χ0v) is 5.35. The van der Waals surface area contributed by atoms with Crippen LogP contribution in [-0.4, -0.2) is 0 Å². The van der Waals surface area contributed by atoms with Crippen LogP contribution in [0.2, 0.25) is 5.02 Å². The third kappa shape index (κ3) is 1.09. The lowest BCUT2D eigenvalue weighted by molar-refractivity contribution is 0.447. The van der Waals surface area contributed by atoms with E-state index in [9.17, 15) is 13.2 Å². The van der Waals surface area contributed by atoms with Crippen molar-refractivity contribution < 1.29 is 13.2 Å². The molecule has 0 N–H and O–H groups in total. The Labute approximate surface area is 60.2 Å². The van der Waals surface area contributed by atoms with Gasteiger partial charge in [0, 0.05) is 6.07 Å². The van der Waals surface area contributed by atoms with Crippen LogP contribution in [0.5, 0.6) is 0 Å². The molecule has 0 atom stereocenters. The summed E-state index contributed by atoms with van der Waals surface area (Å²) >= 11 is 5.05. The van der Waals surface area contributed by atoms with Crippen LogP contribution in [0.15, 0.2) is 6.07 Å². The van der Waals surface area contributed by atoms with E-state index in [1.165, 1.54) is 0 Å². The fraction of sp³-hybridized carbons (Fsp3) is 0. The van der Waals surface area contributed by atoms with E-state index >= 15 is 0 Å². The van der Waals surface area contributed by atoms with Crippen molar-refractivity contribution in [2.24, 2.45) is 0 Å². The van der Waals surface area contributed by atoms with Crippen LogP contribution in [0.4, 0.5) is 13.2 Å². The molecular formula is C6HClF3. The Morgan fingerprint density at radius 3 is 2.30 bits per heavy atom. The zero-order chi connectivity index (χ0) is 7.72. The molecule has 1 radical (unpaired) electrons. The summed E-state index contributed by atoms with van der Waals surface area (Å²) in [4.78, 5) is 0. The van der Waals surface area contributed by atoms with Gasteiger partial charge in [0.1, 0.15) is 0 Å². The van der Waals surface area contributed by atoms with Crippen LogP contribution in [0.1, 0.15) is 0 Å². The van der Waals surface area contributed by atoms with Gasteiger partial charge in [-0.15, -0.1) is 0 Å². The van der Waals surface area contributed by atoms with Crippen molar-refractivity contribution in [2.45, 2.75) is 0 Å². The van der Waals surface area contributed by atoms with Gasteiger partial charge in [-0.1, -0.05) is 11.6 Å². The number of benzene rings is 1. The molecule has 10 heavy (non-hydrogen) atoms. The van der Waals surface area contributed by atoms with E-state index in [-0.39, 0.29) is 0 Å². The largest absolute Gasteiger partial charge is 0.204 e. The maximum atomic E-state index is 12.2. The second kappa shape index (κ2) is 2.50. The predicted octanol–water partition coefficient (Wildman–Crippen LogP) is 2.56. The van der Waals surface area contributed by atoms with E-state index < -0.39 is 22.5 Å². The monoisotopic (exact) mass is 165 g/mol. The third-order valence-electron chi connectivity index (χ3n) is 0.921. The van der Waals surface area contributed by atoms with Crippen molar-refractivity contribution in [3.8, 4) is 0 Å². The number of halogens is 4. The minimum absolute atomic E-state index is 0.543. The summed E-state index contributed by atoms with van der Waals surface area (Å²) in [5.41, 5.74) is 0. The van der Waals surface area contributed by atoms with Gasteiger partial charge in [-0.3, -0.25) is 0 Å². The summed E-state index contributed by atoms with van der Waals surface area (Å²) in [5.74, 6) is -4.26. The highest BCUT2D eigenvalue weighted by Gasteiger charge is 2.11. The van der Waals surface area contributed by atoms with Gasteiger partial charge in [-0.05, 0) is 6.07 Å². The molecule has 0 aliphatic heterocycles. The minimum Gasteiger partial charge on any atom is -0.204 e. The Kier molecular flexibility index (Phi) is 1.85. The molecule has 0 saturated heterocycles. The first-order valence-electron chi connectivity index (χ1n) is 2.33. The average molecular weight is 166 g/mol. The molecule has 0 saturated carbocycles. The average Bonchev–Trinajstić information content (AvgIpc) is 1.93. The zero-order valence-electron chi connectivity index (χ0n) is 4.59. The van der Waals surface area contributed by atoms with Crippen molar-refractivity contribution >= 4 is 11.6 Å². The summed E-state index contributed by atoms with van der Waals surface area (Å²) in [6, 6.07) is 2.62. The van der Waals surface area contributed by atoms with Crippen molar-refractivity contribution in [3.05, 3.63) is 34.6 Å². The highest BCUT2D eigenvalue weighted by molar-refractivity contribution is 6.30. The molecule has 0 nitrogen and oxygen atoms in total. The lowest BCUT2D eigenvalue weighted by atomic mass is 10.3. The van der Waals surface area contributed by atoms with Gasteiger partial charge in [0.25, 0.3) is 0 Å². The first-order chi connectivity index (χ1) is 4.63. The van der Waals surface area contributed by atoms with Crippen LogP contribution < -0.4 is 0 Å². The second-order valence-corrected chi connectivity index (χ2v) is 1.96. The summed E-state index contributed by atoms with van der Waals surface area (Å²) < 4.78 is 36.4. The van der Waals surface area contributed by atoms with Gasteiger partial charge in [-0.2, -0.15) is 0 Å². The van der Waals surface area contributed by atoms with E-state index in [1.807, 2.05) is 6.07 Å². The first-order valence-corrected chi connectivity index (χ1v) is 2.71. The van der Waals surface area contributed by atoms with E-state index in [2.05, 4.69) is 0 Å². The maximum Gasteiger partial charge on any atom is 0.195 e. The van der Waals surface area contributed by atoms with Crippen LogP contribution in [0, 0.1) is 23.5 Å². The van der Waals surface area contributed by atoms with E-state index in [0.29, 0.717) is 6.07 Å². The van der Waals surface area contributed by atoms with Crippen molar-refractivity contribution in [1.82, 2.24) is 0 Å². The van der Waals surface area contributed by atoms with Gasteiger partial charge in [0.05, 0.1) is 5.02 Å². The van der Waals surface area contributed by atoms with E-state index in [4.69, 9.17) is 11.6 Å². The molecule has 4 heteroatoms. The second-order valence-electron chi connectivity index (χ2n) is 1.58. The SMILES string of the molecule is Fc1c[c]c(Cl)c(F)c1F. The number of hydrogen-bond acceptors (Lipinski definition) is 0. The van der Waals surface area contributed by atoms with Crippen molar-refractivity contribution in [1.29, 1.82) is 0 Å². The molecule has 53 valence electrons. The first kappa shape index (κ1) is 7.41. The molecule has 0 spiro atoms. The van der Waals surface area contributed by atoms with Gasteiger partial charge in [0.2, 0.25) is 0 Å². The van der Waals surface area contributed by atoms with Crippen LogP contribution in [-0.2, 0) is 0 Å². The smallest absolute Gasteiger partial charge is 0.195 e. The minimum atomic E-state index is -1.57. The molecule has 1 rings (SSSR count). The van der Waals surface area contributed by atoms with Crippen molar-refractivity contribution in [3.63, 3.8) is 0 Å². The fourth-order valence-electron chi connectivity index (χ4n) is 0.455. The molecule has 0 aliphatic rings. The molecule has 1 aromatic carbocycles. The third-order valence-corrected chi connectivity index (χ3v) is 1.20. The summed E-state index contributed by atoms with van der Waals surface area (Å²) in [5, 5.41) is -0.543. The Balaban J connectivity index is 3.34. The Morgan fingerprint density at radius 2 is 1.80 bits per heavy atom. The van der Waals surface area contributed by atoms with E-state index in [0.717, 1.165) is 0 Å². The molecule has 1 aromatic rings. The van der Waals surface area contributed by atoms with Gasteiger partial charge >= 0.3 is 0 Å². The highest BCUT2D eigenvalue weighted by Crippen LogP contribution is 2.18. The van der Waals surface area contributed by atoms with Crippen LogP contribution >= 0.6 is 11.6 Å². The molecular weight excluding hydrogens is 165 g/mol. The Bertz CT molecular complexity index is 232. The molecule has 0 unspecified atom stereocenters. The fourth-order valence-corrected chi connectivity index (χ4v) is 0.592. The normalized spacial score (nSPS) is 10.0. The molecule has 0 aromatic heterocycles. The molecule has 0 aliphatic carbocycles. The highest BCUT2D eigenvalue weighted by atomic mass is 35.5. The molecule has 0 fully saturated rings. The number of hydrogen-bond donors (Lipinski definition) is 0. The lowest BCUT2D eigenvalue weighted by Crippen LogP contribution is -1.89. The summed E-state index contributed by atoms with van der Waals surface area (Å²) in [7, 11) is 0. The van der Waals surface area contributed by atoms with Gasteiger partial charge in [-0.25, -0.2) is 13.2 Å². The Hall–Kier alpha value is -0.700. The summed E-state index contributed by atoms with van der Waals surface area (Å²) in [6.07, 6.45) is 0. The van der Waals surface area contributed by atoms with Gasteiger partial charge < -0.3 is 0 Å². The molecule has 0 amide bonds. The van der Waals surface area contributed by atoms with Crippen molar-refractivity contribution in [2.75, 3.05) is 0 Å². The topological polar surface area (TPSA) is 0 Å². The maximum absolute atomic E-state index is 12.2. The van der Waals surface area contributed by atoms with Crippen LogP contribution in [0.25, 0.3) is 0 Å². The van der Waals surface area contributed by atoms with Crippen LogP contribution in [0.3, 0.4) is 0 Å². The van der Waals surface area contributed by atoms with E-state index in [1.54, 1.807) is 0 Å². The Morgan fingerprint density at radius 1 is 1.20 bits per heavy atom. The number of rotatable bonds is 0. The molecule has 0 bridgehead atoms. The summed E-state index contributed by atoms with van der Waals surface area (Å²) in [6.45, 7) is 0. The quantitative estimate of drug-likeness (QED) is 0.409. The van der Waals surface area contributed by atoms with Gasteiger partial charge in [0.15, 0.2) is 17.5 Å². The molecule has 0 heterocycles.